The molecule has 1 aromatic carbocycles. The van der Waals surface area contributed by atoms with Gasteiger partial charge in [0.15, 0.2) is 0 Å². The summed E-state index contributed by atoms with van der Waals surface area (Å²) in [5.41, 5.74) is 0.846. The molecule has 0 spiro atoms. The van der Waals surface area contributed by atoms with Crippen LogP contribution in [0.2, 0.25) is 0 Å². The van der Waals surface area contributed by atoms with E-state index in [1.807, 2.05) is 20.8 Å². The minimum Gasteiger partial charge on any atom is -0.459 e. The van der Waals surface area contributed by atoms with Crippen LogP contribution in [-0.4, -0.2) is 39.6 Å². The van der Waals surface area contributed by atoms with Crippen LogP contribution in [0, 0.1) is 0 Å². The highest BCUT2D eigenvalue weighted by Crippen LogP contribution is 2.33. The van der Waals surface area contributed by atoms with Crippen LogP contribution < -0.4 is 5.32 Å². The first-order chi connectivity index (χ1) is 13.7. The molecular weight excluding hydrogens is 420 g/mol. The number of allylic oxidation sites excluding steroid dienone is 1. The van der Waals surface area contributed by atoms with E-state index in [9.17, 15) is 14.4 Å². The lowest BCUT2D eigenvalue weighted by atomic mass is 10.1. The molecule has 1 aliphatic heterocycles. The number of carbonyl (C=O) groups is 3. The van der Waals surface area contributed by atoms with Crippen LogP contribution in [0.25, 0.3) is 0 Å². The lowest BCUT2D eigenvalue weighted by Crippen LogP contribution is -2.37. The number of thioether (sulfide) groups is 1. The molecule has 1 aromatic rings. The Hall–Kier alpha value is -2.19. The molecule has 0 aromatic heterocycles. The summed E-state index contributed by atoms with van der Waals surface area (Å²) < 4.78 is 4.61. The van der Waals surface area contributed by atoms with Crippen LogP contribution in [-0.2, 0) is 9.53 Å². The van der Waals surface area contributed by atoms with Gasteiger partial charge in [0.2, 0.25) is 0 Å². The van der Waals surface area contributed by atoms with E-state index in [1.165, 1.54) is 16.7 Å². The largest absolute Gasteiger partial charge is 0.459 e. The number of amides is 2. The Labute approximate surface area is 187 Å². The molecule has 0 radical (unpaired) electrons. The third-order valence-corrected chi connectivity index (χ3v) is 5.72. The second kappa shape index (κ2) is 8.89. The zero-order valence-corrected chi connectivity index (χ0v) is 19.9. The fourth-order valence-corrected chi connectivity index (χ4v) is 3.85. The number of carbonyl (C=O) groups excluding carboxylic acids is 3. The summed E-state index contributed by atoms with van der Waals surface area (Å²) >= 11 is 5.71. The maximum atomic E-state index is 12.5. The number of hydrogen-bond donors (Lipinski definition) is 2. The summed E-state index contributed by atoms with van der Waals surface area (Å²) in [5, 5.41) is 3.62. The molecule has 0 bridgehead atoms. The summed E-state index contributed by atoms with van der Waals surface area (Å²) in [6, 6.07) is 6.73. The van der Waals surface area contributed by atoms with Gasteiger partial charge in [-0.1, -0.05) is 30.5 Å². The van der Waals surface area contributed by atoms with E-state index in [4.69, 9.17) is 4.74 Å². The molecule has 6 nitrogen and oxygen atoms in total. The standard InChI is InChI=1S/C22H28N2O4S2/c1-13(23-14(2)30-22(6,7)20(27)28-21(3,4)5)17(29)12-24-18(25)15-10-8-9-11-16(15)19(24)26/h8-11,23,29H,2,12H2,1,3-7H3/b17-13-. The van der Waals surface area contributed by atoms with E-state index in [0.29, 0.717) is 26.8 Å². The Morgan fingerprint density at radius 2 is 1.63 bits per heavy atom. The SMILES string of the molecule is C=C(N/C(C)=C(\S)CN1C(=O)c2ccccc2C1=O)SC(C)(C)C(=O)OC(C)(C)C. The molecular formula is C22H28N2O4S2. The number of fused-ring (bicyclic) bond motifs is 1. The van der Waals surface area contributed by atoms with Crippen molar-refractivity contribution in [2.24, 2.45) is 0 Å². The molecule has 1 N–H and O–H groups in total. The average Bonchev–Trinajstić information content (AvgIpc) is 2.85. The van der Waals surface area contributed by atoms with Gasteiger partial charge in [-0.2, -0.15) is 0 Å². The molecule has 30 heavy (non-hydrogen) atoms. The quantitative estimate of drug-likeness (QED) is 0.367. The molecule has 2 amide bonds. The van der Waals surface area contributed by atoms with Crippen molar-refractivity contribution in [1.82, 2.24) is 10.2 Å². The van der Waals surface area contributed by atoms with Gasteiger partial charge in [0.05, 0.1) is 22.7 Å². The molecule has 0 saturated heterocycles. The third kappa shape index (κ3) is 5.70. The third-order valence-electron chi connectivity index (χ3n) is 4.21. The Kier molecular flexibility index (Phi) is 7.14. The lowest BCUT2D eigenvalue weighted by molar-refractivity contribution is -0.156. The predicted octanol–water partition coefficient (Wildman–Crippen LogP) is 4.36. The highest BCUT2D eigenvalue weighted by molar-refractivity contribution is 8.04. The molecule has 0 atom stereocenters. The second-order valence-electron chi connectivity index (χ2n) is 8.48. The van der Waals surface area contributed by atoms with Crippen LogP contribution >= 0.6 is 24.4 Å². The van der Waals surface area contributed by atoms with Gasteiger partial charge in [-0.25, -0.2) is 0 Å². The number of benzene rings is 1. The summed E-state index contributed by atoms with van der Waals surface area (Å²) in [5.74, 6) is -1.02. The number of nitrogens with one attached hydrogen (secondary N) is 1. The van der Waals surface area contributed by atoms with Gasteiger partial charge in [0.1, 0.15) is 10.3 Å². The van der Waals surface area contributed by atoms with Gasteiger partial charge in [-0.05, 0) is 53.7 Å². The van der Waals surface area contributed by atoms with Gasteiger partial charge in [0.25, 0.3) is 11.8 Å². The predicted molar refractivity (Wildman–Crippen MR) is 123 cm³/mol. The first-order valence-corrected chi connectivity index (χ1v) is 10.7. The molecule has 0 aliphatic carbocycles. The molecule has 2 rings (SSSR count). The van der Waals surface area contributed by atoms with Gasteiger partial charge < -0.3 is 10.1 Å². The Bertz CT molecular complexity index is 894. The second-order valence-corrected chi connectivity index (χ2v) is 10.7. The van der Waals surface area contributed by atoms with Gasteiger partial charge in [-0.3, -0.25) is 19.3 Å². The van der Waals surface area contributed by atoms with Crippen LogP contribution in [0.15, 0.2) is 46.5 Å². The number of rotatable bonds is 7. The molecule has 0 fully saturated rings. The number of nitrogens with zero attached hydrogens (tertiary/aromatic N) is 1. The van der Waals surface area contributed by atoms with Crippen molar-refractivity contribution >= 4 is 42.2 Å². The Balaban J connectivity index is 2.03. The van der Waals surface area contributed by atoms with E-state index < -0.39 is 10.3 Å². The minimum atomic E-state index is -0.850. The first kappa shape index (κ1) is 24.1. The normalized spacial score (nSPS) is 15.0. The fraction of sp³-hybridized carbons (Fsp3) is 0.409. The molecule has 1 aliphatic rings. The highest BCUT2D eigenvalue weighted by atomic mass is 32.2. The zero-order valence-electron chi connectivity index (χ0n) is 18.2. The Morgan fingerprint density at radius 1 is 1.13 bits per heavy atom. The highest BCUT2D eigenvalue weighted by Gasteiger charge is 2.36. The smallest absolute Gasteiger partial charge is 0.322 e. The molecule has 0 unspecified atom stereocenters. The van der Waals surface area contributed by atoms with Crippen LogP contribution in [0.5, 0.6) is 0 Å². The van der Waals surface area contributed by atoms with Gasteiger partial charge in [0, 0.05) is 10.6 Å². The van der Waals surface area contributed by atoms with Crippen LogP contribution in [0.3, 0.4) is 0 Å². The van der Waals surface area contributed by atoms with Crippen LogP contribution in [0.4, 0.5) is 0 Å². The number of ether oxygens (including phenoxy) is 1. The van der Waals surface area contributed by atoms with E-state index in [1.54, 1.807) is 45.0 Å². The maximum absolute atomic E-state index is 12.5. The van der Waals surface area contributed by atoms with Crippen molar-refractivity contribution in [2.45, 2.75) is 51.9 Å². The summed E-state index contributed by atoms with van der Waals surface area (Å²) in [6.07, 6.45) is 0. The molecule has 1 heterocycles. The molecule has 8 heteroatoms. The van der Waals surface area contributed by atoms with E-state index in [-0.39, 0.29) is 24.3 Å². The van der Waals surface area contributed by atoms with Crippen molar-refractivity contribution < 1.29 is 19.1 Å². The topological polar surface area (TPSA) is 75.7 Å². The molecule has 0 saturated carbocycles. The van der Waals surface area contributed by atoms with E-state index in [0.717, 1.165) is 0 Å². The minimum absolute atomic E-state index is 0.0433. The van der Waals surface area contributed by atoms with Crippen molar-refractivity contribution in [3.05, 3.63) is 57.6 Å². The van der Waals surface area contributed by atoms with Gasteiger partial charge >= 0.3 is 5.97 Å². The number of hydrogen-bond acceptors (Lipinski definition) is 7. The fourth-order valence-electron chi connectivity index (χ4n) is 2.71. The van der Waals surface area contributed by atoms with Gasteiger partial charge in [-0.15, -0.1) is 12.6 Å². The molecule has 162 valence electrons. The zero-order chi connectivity index (χ0) is 22.9. The van der Waals surface area contributed by atoms with Crippen molar-refractivity contribution in [3.63, 3.8) is 0 Å². The lowest BCUT2D eigenvalue weighted by Gasteiger charge is -2.28. The van der Waals surface area contributed by atoms with Crippen molar-refractivity contribution in [1.29, 1.82) is 0 Å². The van der Waals surface area contributed by atoms with Crippen molar-refractivity contribution in [2.75, 3.05) is 6.54 Å². The number of esters is 1. The average molecular weight is 449 g/mol. The summed E-state index contributed by atoms with van der Waals surface area (Å²) in [7, 11) is 0. The van der Waals surface area contributed by atoms with E-state index in [2.05, 4.69) is 24.5 Å². The van der Waals surface area contributed by atoms with E-state index >= 15 is 0 Å². The number of imide groups is 1. The summed E-state index contributed by atoms with van der Waals surface area (Å²) in [4.78, 5) is 39.1. The summed E-state index contributed by atoms with van der Waals surface area (Å²) in [6.45, 7) is 14.8. The number of thiol groups is 1. The first-order valence-electron chi connectivity index (χ1n) is 9.45. The maximum Gasteiger partial charge on any atom is 0.322 e. The Morgan fingerprint density at radius 3 is 2.10 bits per heavy atom. The van der Waals surface area contributed by atoms with Crippen molar-refractivity contribution in [3.8, 4) is 0 Å². The monoisotopic (exact) mass is 448 g/mol. The van der Waals surface area contributed by atoms with Crippen LogP contribution in [0.1, 0.15) is 62.3 Å².